The minimum atomic E-state index is -1.30. The molecule has 0 bridgehead atoms. The first kappa shape index (κ1) is 18.7. The van der Waals surface area contributed by atoms with Gasteiger partial charge in [-0.15, -0.1) is 0 Å². The molecule has 0 saturated heterocycles. The maximum absolute atomic E-state index is 13.6. The third-order valence-electron chi connectivity index (χ3n) is 3.46. The summed E-state index contributed by atoms with van der Waals surface area (Å²) < 4.78 is 31.9. The summed E-state index contributed by atoms with van der Waals surface area (Å²) in [6, 6.07) is 7.61. The highest BCUT2D eigenvalue weighted by molar-refractivity contribution is 5.91. The minimum absolute atomic E-state index is 0.0907. The fraction of sp³-hybridized carbons (Fsp3) is 0.278. The fourth-order valence-electron chi connectivity index (χ4n) is 2.25. The van der Waals surface area contributed by atoms with Gasteiger partial charge in [-0.2, -0.15) is 0 Å². The molecule has 0 radical (unpaired) electrons. The number of hydrogen-bond acceptors (Lipinski definition) is 3. The molecule has 2 aromatic carbocycles. The van der Waals surface area contributed by atoms with Crippen molar-refractivity contribution in [2.45, 2.75) is 20.0 Å². The number of rotatable bonds is 6. The number of ether oxygens (including phenoxy) is 1. The van der Waals surface area contributed by atoms with Gasteiger partial charge in [-0.1, -0.05) is 12.1 Å². The topological polar surface area (TPSA) is 70.6 Å². The second kappa shape index (κ2) is 8.43. The Hall–Kier alpha value is -2.67. The van der Waals surface area contributed by atoms with Crippen LogP contribution in [0.15, 0.2) is 36.4 Å². The third kappa shape index (κ3) is 5.15. The molecular formula is C18H20F2N2O3. The molecule has 0 aromatic heterocycles. The number of aryl methyl sites for hydroxylation is 1. The number of aliphatic hydroxyl groups excluding tert-OH is 1. The quantitative estimate of drug-likeness (QED) is 0.746. The number of carbonyl (C=O) groups is 1. The van der Waals surface area contributed by atoms with Crippen LogP contribution in [0.2, 0.25) is 0 Å². The van der Waals surface area contributed by atoms with Crippen molar-refractivity contribution in [1.29, 1.82) is 0 Å². The standard InChI is InChI=1S/C18H20F2N2O3/c1-3-25-17-8-11(2)4-7-15(17)22-18(24)21-10-16(23)13-6-5-12(19)9-14(13)20/h4-9,16,23H,3,10H2,1-2H3,(H2,21,22,24). The Morgan fingerprint density at radius 3 is 2.68 bits per heavy atom. The van der Waals surface area contributed by atoms with Crippen molar-refractivity contribution in [3.8, 4) is 5.75 Å². The highest BCUT2D eigenvalue weighted by atomic mass is 19.1. The van der Waals surface area contributed by atoms with Crippen LogP contribution in [0.4, 0.5) is 19.3 Å². The number of aliphatic hydroxyl groups is 1. The summed E-state index contributed by atoms with van der Waals surface area (Å²) in [6.45, 7) is 3.95. The zero-order valence-electron chi connectivity index (χ0n) is 14.0. The van der Waals surface area contributed by atoms with Gasteiger partial charge in [0, 0.05) is 18.2 Å². The highest BCUT2D eigenvalue weighted by Gasteiger charge is 2.15. The Morgan fingerprint density at radius 2 is 2.00 bits per heavy atom. The Balaban J connectivity index is 1.96. The molecule has 25 heavy (non-hydrogen) atoms. The van der Waals surface area contributed by atoms with Gasteiger partial charge in [-0.05, 0) is 37.6 Å². The average molecular weight is 350 g/mol. The van der Waals surface area contributed by atoms with Crippen molar-refractivity contribution in [3.63, 3.8) is 0 Å². The molecule has 1 atom stereocenters. The zero-order chi connectivity index (χ0) is 18.4. The molecule has 2 rings (SSSR count). The Bertz CT molecular complexity index is 753. The molecule has 0 fully saturated rings. The number of carbonyl (C=O) groups excluding carboxylic acids is 1. The largest absolute Gasteiger partial charge is 0.492 e. The van der Waals surface area contributed by atoms with Crippen LogP contribution >= 0.6 is 0 Å². The van der Waals surface area contributed by atoms with E-state index in [4.69, 9.17) is 4.74 Å². The van der Waals surface area contributed by atoms with Crippen LogP contribution in [-0.2, 0) is 0 Å². The monoisotopic (exact) mass is 350 g/mol. The maximum Gasteiger partial charge on any atom is 0.319 e. The van der Waals surface area contributed by atoms with Gasteiger partial charge in [0.25, 0.3) is 0 Å². The van der Waals surface area contributed by atoms with E-state index in [9.17, 15) is 18.7 Å². The first-order valence-corrected chi connectivity index (χ1v) is 7.82. The van der Waals surface area contributed by atoms with Gasteiger partial charge < -0.3 is 20.5 Å². The summed E-state index contributed by atoms with van der Waals surface area (Å²) in [5, 5.41) is 15.0. The first-order chi connectivity index (χ1) is 11.9. The molecule has 1 unspecified atom stereocenters. The van der Waals surface area contributed by atoms with Crippen molar-refractivity contribution in [2.75, 3.05) is 18.5 Å². The highest BCUT2D eigenvalue weighted by Crippen LogP contribution is 2.25. The second-order valence-corrected chi connectivity index (χ2v) is 5.45. The molecule has 134 valence electrons. The summed E-state index contributed by atoms with van der Waals surface area (Å²) in [5.41, 5.74) is 1.37. The lowest BCUT2D eigenvalue weighted by Crippen LogP contribution is -2.32. The van der Waals surface area contributed by atoms with E-state index in [2.05, 4.69) is 10.6 Å². The van der Waals surface area contributed by atoms with E-state index in [0.717, 1.165) is 17.7 Å². The molecule has 0 aliphatic rings. The lowest BCUT2D eigenvalue weighted by atomic mass is 10.1. The molecule has 3 N–H and O–H groups in total. The predicted octanol–water partition coefficient (Wildman–Crippen LogP) is 3.53. The van der Waals surface area contributed by atoms with E-state index < -0.39 is 23.8 Å². The minimum Gasteiger partial charge on any atom is -0.492 e. The third-order valence-corrected chi connectivity index (χ3v) is 3.46. The van der Waals surface area contributed by atoms with Gasteiger partial charge in [0.05, 0.1) is 18.4 Å². The number of amides is 2. The lowest BCUT2D eigenvalue weighted by Gasteiger charge is -2.15. The lowest BCUT2D eigenvalue weighted by molar-refractivity contribution is 0.170. The van der Waals surface area contributed by atoms with E-state index in [-0.39, 0.29) is 12.1 Å². The average Bonchev–Trinajstić information content (AvgIpc) is 2.55. The predicted molar refractivity (Wildman–Crippen MR) is 90.7 cm³/mol. The number of anilines is 1. The summed E-state index contributed by atoms with van der Waals surface area (Å²) in [5.74, 6) is -1.07. The van der Waals surface area contributed by atoms with Crippen molar-refractivity contribution in [1.82, 2.24) is 5.32 Å². The van der Waals surface area contributed by atoms with Crippen molar-refractivity contribution >= 4 is 11.7 Å². The first-order valence-electron chi connectivity index (χ1n) is 7.82. The van der Waals surface area contributed by atoms with E-state index in [0.29, 0.717) is 24.1 Å². The number of halogens is 2. The van der Waals surface area contributed by atoms with Crippen molar-refractivity contribution in [2.24, 2.45) is 0 Å². The normalized spacial score (nSPS) is 11.7. The van der Waals surface area contributed by atoms with Gasteiger partial charge in [-0.25, -0.2) is 13.6 Å². The Labute approximate surface area is 144 Å². The van der Waals surface area contributed by atoms with Gasteiger partial charge in [0.15, 0.2) is 0 Å². The maximum atomic E-state index is 13.6. The van der Waals surface area contributed by atoms with Gasteiger partial charge in [0.2, 0.25) is 0 Å². The van der Waals surface area contributed by atoms with Gasteiger partial charge in [-0.3, -0.25) is 0 Å². The van der Waals surface area contributed by atoms with E-state index in [1.54, 1.807) is 12.1 Å². The molecule has 7 heteroatoms. The molecule has 0 saturated carbocycles. The Kier molecular flexibility index (Phi) is 6.30. The van der Waals surface area contributed by atoms with Gasteiger partial charge in [0.1, 0.15) is 17.4 Å². The van der Waals surface area contributed by atoms with Crippen LogP contribution < -0.4 is 15.4 Å². The van der Waals surface area contributed by atoms with E-state index >= 15 is 0 Å². The van der Waals surface area contributed by atoms with Gasteiger partial charge >= 0.3 is 6.03 Å². The van der Waals surface area contributed by atoms with Crippen LogP contribution in [0.5, 0.6) is 5.75 Å². The molecule has 2 amide bonds. The summed E-state index contributed by atoms with van der Waals surface area (Å²) >= 11 is 0. The van der Waals surface area contributed by atoms with Crippen molar-refractivity contribution < 1.29 is 23.4 Å². The number of benzene rings is 2. The SMILES string of the molecule is CCOc1cc(C)ccc1NC(=O)NCC(O)c1ccc(F)cc1F. The second-order valence-electron chi connectivity index (χ2n) is 5.45. The summed E-state index contributed by atoms with van der Waals surface area (Å²) in [4.78, 5) is 12.0. The molecule has 0 aliphatic carbocycles. The van der Waals surface area contributed by atoms with Crippen LogP contribution in [0.1, 0.15) is 24.2 Å². The molecular weight excluding hydrogens is 330 g/mol. The van der Waals surface area contributed by atoms with E-state index in [1.807, 2.05) is 19.9 Å². The van der Waals surface area contributed by atoms with Crippen LogP contribution in [0.25, 0.3) is 0 Å². The number of urea groups is 1. The molecule has 0 aliphatic heterocycles. The number of nitrogens with one attached hydrogen (secondary N) is 2. The van der Waals surface area contributed by atoms with Crippen LogP contribution in [0.3, 0.4) is 0 Å². The van der Waals surface area contributed by atoms with Crippen LogP contribution in [0, 0.1) is 18.6 Å². The molecule has 2 aromatic rings. The molecule has 0 spiro atoms. The number of hydrogen-bond donors (Lipinski definition) is 3. The molecule has 0 heterocycles. The van der Waals surface area contributed by atoms with Crippen molar-refractivity contribution in [3.05, 3.63) is 59.2 Å². The van der Waals surface area contributed by atoms with E-state index in [1.165, 1.54) is 0 Å². The zero-order valence-corrected chi connectivity index (χ0v) is 14.0. The summed E-state index contributed by atoms with van der Waals surface area (Å²) in [7, 11) is 0. The summed E-state index contributed by atoms with van der Waals surface area (Å²) in [6.07, 6.45) is -1.30. The Morgan fingerprint density at radius 1 is 1.24 bits per heavy atom. The fourth-order valence-corrected chi connectivity index (χ4v) is 2.25. The smallest absolute Gasteiger partial charge is 0.319 e. The molecule has 5 nitrogen and oxygen atoms in total. The van der Waals surface area contributed by atoms with Crippen LogP contribution in [-0.4, -0.2) is 24.3 Å².